The molecule has 0 radical (unpaired) electrons. The number of primary amides is 1. The number of nitrogens with zero attached hydrogens (tertiary/aromatic N) is 2. The third-order valence-electron chi connectivity index (χ3n) is 3.52. The van der Waals surface area contributed by atoms with Gasteiger partial charge in [-0.1, -0.05) is 0 Å². The summed E-state index contributed by atoms with van der Waals surface area (Å²) in [6.45, 7) is 3.14. The number of hydrogen-bond acceptors (Lipinski definition) is 4. The molecule has 3 N–H and O–H groups in total. The maximum Gasteiger partial charge on any atom is 0.234 e. The first-order valence-corrected chi connectivity index (χ1v) is 6.51. The first-order chi connectivity index (χ1) is 9.51. The van der Waals surface area contributed by atoms with Crippen molar-refractivity contribution in [1.29, 1.82) is 5.26 Å². The molecule has 1 saturated heterocycles. The van der Waals surface area contributed by atoms with E-state index in [1.807, 2.05) is 11.0 Å². The van der Waals surface area contributed by atoms with Crippen LogP contribution in [0.25, 0.3) is 0 Å². The fourth-order valence-corrected chi connectivity index (χ4v) is 2.42. The van der Waals surface area contributed by atoms with Gasteiger partial charge in [0.05, 0.1) is 17.3 Å². The molecule has 0 bridgehead atoms. The van der Waals surface area contributed by atoms with Gasteiger partial charge in [0.15, 0.2) is 0 Å². The van der Waals surface area contributed by atoms with E-state index in [1.54, 1.807) is 13.0 Å². The van der Waals surface area contributed by atoms with Crippen LogP contribution in [0.4, 0.5) is 10.1 Å². The van der Waals surface area contributed by atoms with E-state index in [-0.39, 0.29) is 30.4 Å². The van der Waals surface area contributed by atoms with Gasteiger partial charge in [-0.3, -0.25) is 4.79 Å². The molecule has 1 heterocycles. The summed E-state index contributed by atoms with van der Waals surface area (Å²) in [5, 5.41) is 12.2. The molecule has 0 aliphatic carbocycles. The van der Waals surface area contributed by atoms with Gasteiger partial charge in [-0.2, -0.15) is 5.26 Å². The molecular weight excluding hydrogens is 295 g/mol. The molecule has 2 rings (SSSR count). The highest BCUT2D eigenvalue weighted by molar-refractivity contribution is 5.85. The third kappa shape index (κ3) is 4.06. The minimum Gasteiger partial charge on any atom is -0.369 e. The summed E-state index contributed by atoms with van der Waals surface area (Å²) in [5.41, 5.74) is 6.28. The highest BCUT2D eigenvalue weighted by atomic mass is 35.5. The number of carbonyl (C=O) groups excluding carboxylic acids is 1. The first-order valence-electron chi connectivity index (χ1n) is 6.51. The lowest BCUT2D eigenvalue weighted by Gasteiger charge is -2.21. The van der Waals surface area contributed by atoms with E-state index >= 15 is 0 Å². The Hall–Kier alpha value is -1.84. The zero-order valence-corrected chi connectivity index (χ0v) is 12.5. The van der Waals surface area contributed by atoms with Gasteiger partial charge in [0.25, 0.3) is 0 Å². The second kappa shape index (κ2) is 7.25. The number of anilines is 1. The van der Waals surface area contributed by atoms with Crippen LogP contribution in [0.2, 0.25) is 0 Å². The zero-order chi connectivity index (χ0) is 14.7. The summed E-state index contributed by atoms with van der Waals surface area (Å²) in [7, 11) is 0. The van der Waals surface area contributed by atoms with Crippen LogP contribution in [-0.4, -0.2) is 31.1 Å². The van der Waals surface area contributed by atoms with Gasteiger partial charge < -0.3 is 16.0 Å². The Balaban J connectivity index is 0.00000220. The molecule has 5 nitrogen and oxygen atoms in total. The minimum absolute atomic E-state index is 0. The predicted molar refractivity (Wildman–Crippen MR) is 80.8 cm³/mol. The van der Waals surface area contributed by atoms with Crippen LogP contribution in [-0.2, 0) is 4.79 Å². The number of hydrogen-bond donors (Lipinski definition) is 2. The molecule has 7 heteroatoms. The number of nitrogens with two attached hydrogens (primary N) is 1. The Morgan fingerprint density at radius 1 is 1.62 bits per heavy atom. The van der Waals surface area contributed by atoms with Crippen LogP contribution < -0.4 is 16.0 Å². The van der Waals surface area contributed by atoms with E-state index in [0.29, 0.717) is 12.1 Å². The van der Waals surface area contributed by atoms with Crippen molar-refractivity contribution in [1.82, 2.24) is 5.32 Å². The van der Waals surface area contributed by atoms with E-state index in [9.17, 15) is 9.18 Å². The van der Waals surface area contributed by atoms with Gasteiger partial charge in [0.2, 0.25) is 5.91 Å². The molecule has 114 valence electrons. The van der Waals surface area contributed by atoms with E-state index in [4.69, 9.17) is 11.0 Å². The Labute approximate surface area is 129 Å². The average Bonchev–Trinajstić information content (AvgIpc) is 2.86. The molecular formula is C14H18ClFN4O. The molecule has 1 aromatic carbocycles. The zero-order valence-electron chi connectivity index (χ0n) is 11.7. The molecule has 2 atom stereocenters. The normalized spacial score (nSPS) is 18.7. The summed E-state index contributed by atoms with van der Waals surface area (Å²) in [6.07, 6.45) is 0.847. The molecule has 0 saturated carbocycles. The largest absolute Gasteiger partial charge is 0.369 e. The van der Waals surface area contributed by atoms with Gasteiger partial charge >= 0.3 is 0 Å². The van der Waals surface area contributed by atoms with Crippen molar-refractivity contribution in [3.63, 3.8) is 0 Å². The molecule has 1 aromatic rings. The van der Waals surface area contributed by atoms with Gasteiger partial charge in [0, 0.05) is 19.1 Å². The first kappa shape index (κ1) is 17.2. The lowest BCUT2D eigenvalue weighted by atomic mass is 10.1. The van der Waals surface area contributed by atoms with E-state index in [0.717, 1.165) is 18.7 Å². The fraction of sp³-hybridized carbons (Fsp3) is 0.429. The summed E-state index contributed by atoms with van der Waals surface area (Å²) < 4.78 is 13.1. The van der Waals surface area contributed by atoms with E-state index < -0.39 is 5.82 Å². The minimum atomic E-state index is -0.415. The molecule has 0 unspecified atom stereocenters. The van der Waals surface area contributed by atoms with Crippen LogP contribution >= 0.6 is 12.4 Å². The second-order valence-electron chi connectivity index (χ2n) is 5.00. The monoisotopic (exact) mass is 312 g/mol. The third-order valence-corrected chi connectivity index (χ3v) is 3.52. The smallest absolute Gasteiger partial charge is 0.234 e. The Morgan fingerprint density at radius 3 is 2.95 bits per heavy atom. The van der Waals surface area contributed by atoms with Crippen LogP contribution in [0.1, 0.15) is 18.9 Å². The van der Waals surface area contributed by atoms with Crippen molar-refractivity contribution >= 4 is 24.0 Å². The molecule has 1 aliphatic heterocycles. The Bertz CT molecular complexity index is 560. The number of rotatable bonds is 4. The fourth-order valence-electron chi connectivity index (χ4n) is 2.42. The number of benzene rings is 1. The number of nitrogens with one attached hydrogen (secondary N) is 1. The maximum atomic E-state index is 13.1. The van der Waals surface area contributed by atoms with E-state index in [2.05, 4.69) is 5.32 Å². The quantitative estimate of drug-likeness (QED) is 0.874. The lowest BCUT2D eigenvalue weighted by molar-refractivity contribution is -0.119. The van der Waals surface area contributed by atoms with Crippen LogP contribution in [0.3, 0.4) is 0 Å². The molecule has 0 aromatic heterocycles. The van der Waals surface area contributed by atoms with Gasteiger partial charge in [-0.15, -0.1) is 12.4 Å². The van der Waals surface area contributed by atoms with Crippen molar-refractivity contribution in [2.75, 3.05) is 18.0 Å². The van der Waals surface area contributed by atoms with Gasteiger partial charge in [-0.05, 0) is 31.5 Å². The average molecular weight is 313 g/mol. The van der Waals surface area contributed by atoms with Crippen molar-refractivity contribution in [3.8, 4) is 6.07 Å². The maximum absolute atomic E-state index is 13.1. The molecule has 1 aliphatic rings. The summed E-state index contributed by atoms with van der Waals surface area (Å²) in [4.78, 5) is 13.1. The van der Waals surface area contributed by atoms with Crippen LogP contribution in [0, 0.1) is 17.1 Å². The highest BCUT2D eigenvalue weighted by Crippen LogP contribution is 2.25. The highest BCUT2D eigenvalue weighted by Gasteiger charge is 2.26. The van der Waals surface area contributed by atoms with Crippen molar-refractivity contribution in [2.45, 2.75) is 25.4 Å². The van der Waals surface area contributed by atoms with Gasteiger partial charge in [0.1, 0.15) is 11.9 Å². The van der Waals surface area contributed by atoms with Crippen molar-refractivity contribution in [3.05, 3.63) is 29.6 Å². The van der Waals surface area contributed by atoms with Crippen molar-refractivity contribution < 1.29 is 9.18 Å². The van der Waals surface area contributed by atoms with Crippen LogP contribution in [0.15, 0.2) is 18.2 Å². The molecule has 1 fully saturated rings. The number of carbonyl (C=O) groups is 1. The predicted octanol–water partition coefficient (Wildman–Crippen LogP) is 1.16. The second-order valence-corrected chi connectivity index (χ2v) is 5.00. The summed E-state index contributed by atoms with van der Waals surface area (Å²) >= 11 is 0. The lowest BCUT2D eigenvalue weighted by Crippen LogP contribution is -2.45. The molecule has 21 heavy (non-hydrogen) atoms. The number of amides is 1. The summed E-state index contributed by atoms with van der Waals surface area (Å²) in [5.74, 6) is -0.801. The Kier molecular flexibility index (Phi) is 5.94. The van der Waals surface area contributed by atoms with Crippen LogP contribution in [0.5, 0.6) is 0 Å². The summed E-state index contributed by atoms with van der Waals surface area (Å²) in [6, 6.07) is 5.97. The Morgan fingerprint density at radius 2 is 2.33 bits per heavy atom. The number of nitriles is 1. The number of halogens is 2. The topological polar surface area (TPSA) is 82.2 Å². The van der Waals surface area contributed by atoms with E-state index in [1.165, 1.54) is 12.1 Å². The molecule has 1 amide bonds. The molecule has 0 spiro atoms. The SMILES string of the molecule is C[C@H](N[C@H]1CCN(c2ccc(F)cc2C#N)C1)C(N)=O.Cl. The van der Waals surface area contributed by atoms with Crippen molar-refractivity contribution in [2.24, 2.45) is 5.73 Å². The van der Waals surface area contributed by atoms with Gasteiger partial charge in [-0.25, -0.2) is 4.39 Å². The standard InChI is InChI=1S/C14H17FN4O.ClH/c1-9(14(17)20)18-12-4-5-19(8-12)13-3-2-11(15)6-10(13)7-16;/h2-3,6,9,12,18H,4-5,8H2,1H3,(H2,17,20);1H/t9-,12-;/m0./s1.